The number of benzene rings is 2. The summed E-state index contributed by atoms with van der Waals surface area (Å²) in [7, 11) is 0. The zero-order valence-corrected chi connectivity index (χ0v) is 19.5. The first kappa shape index (κ1) is 23.8. The van der Waals surface area contributed by atoms with Crippen LogP contribution in [0.1, 0.15) is 51.3 Å². The fourth-order valence-electron chi connectivity index (χ4n) is 4.14. The monoisotopic (exact) mass is 438 g/mol. The SMILES string of the molecule is CCOC(=O)CC1CN(C(=O)OC(C)(C)C)CCN1C(c1ccccc1)c1ccccc1. The molecular weight excluding hydrogens is 404 g/mol. The van der Waals surface area contributed by atoms with Crippen LogP contribution in [0.25, 0.3) is 0 Å². The standard InChI is InChI=1S/C26H34N2O4/c1-5-31-23(29)18-22-19-27(25(30)32-26(2,3)4)16-17-28(22)24(20-12-8-6-9-13-20)21-14-10-7-11-15-21/h6-15,22,24H,5,16-19H2,1-4H3. The van der Waals surface area contributed by atoms with Crippen LogP contribution in [0.15, 0.2) is 60.7 Å². The maximum atomic E-state index is 12.8. The predicted octanol–water partition coefficient (Wildman–Crippen LogP) is 4.65. The van der Waals surface area contributed by atoms with E-state index >= 15 is 0 Å². The summed E-state index contributed by atoms with van der Waals surface area (Å²) >= 11 is 0. The Labute approximate surface area is 191 Å². The first-order valence-corrected chi connectivity index (χ1v) is 11.3. The van der Waals surface area contributed by atoms with Gasteiger partial charge in [0.1, 0.15) is 5.60 Å². The van der Waals surface area contributed by atoms with Gasteiger partial charge in [-0.05, 0) is 38.8 Å². The number of carbonyl (C=O) groups is 2. The third-order valence-corrected chi connectivity index (χ3v) is 5.45. The molecule has 172 valence electrons. The highest BCUT2D eigenvalue weighted by molar-refractivity contribution is 5.71. The van der Waals surface area contributed by atoms with E-state index in [-0.39, 0.29) is 30.6 Å². The zero-order chi connectivity index (χ0) is 23.1. The summed E-state index contributed by atoms with van der Waals surface area (Å²) in [5.74, 6) is -0.256. The number of amides is 1. The molecule has 6 nitrogen and oxygen atoms in total. The number of hydrogen-bond donors (Lipinski definition) is 0. The lowest BCUT2D eigenvalue weighted by molar-refractivity contribution is -0.145. The van der Waals surface area contributed by atoms with Gasteiger partial charge in [-0.25, -0.2) is 4.79 Å². The third-order valence-electron chi connectivity index (χ3n) is 5.45. The van der Waals surface area contributed by atoms with E-state index < -0.39 is 5.60 Å². The molecule has 3 rings (SSSR count). The van der Waals surface area contributed by atoms with E-state index in [9.17, 15) is 9.59 Å². The lowest BCUT2D eigenvalue weighted by Gasteiger charge is -2.45. The molecule has 1 atom stereocenters. The molecule has 6 heteroatoms. The minimum absolute atomic E-state index is 0.0300. The van der Waals surface area contributed by atoms with Crippen molar-refractivity contribution in [3.05, 3.63) is 71.8 Å². The highest BCUT2D eigenvalue weighted by Gasteiger charge is 2.37. The minimum atomic E-state index is -0.568. The maximum Gasteiger partial charge on any atom is 0.410 e. The molecule has 1 heterocycles. The summed E-state index contributed by atoms with van der Waals surface area (Å²) in [5, 5.41) is 0. The second-order valence-electron chi connectivity index (χ2n) is 9.05. The van der Waals surface area contributed by atoms with Gasteiger partial charge in [-0.2, -0.15) is 0 Å². The summed E-state index contributed by atoms with van der Waals surface area (Å²) in [6, 6.07) is 20.3. The topological polar surface area (TPSA) is 59.1 Å². The van der Waals surface area contributed by atoms with Crippen LogP contribution in [-0.4, -0.2) is 59.7 Å². The molecule has 1 unspecified atom stereocenters. The van der Waals surface area contributed by atoms with Crippen LogP contribution in [0.3, 0.4) is 0 Å². The first-order valence-electron chi connectivity index (χ1n) is 11.3. The van der Waals surface area contributed by atoms with Gasteiger partial charge in [-0.1, -0.05) is 60.7 Å². The van der Waals surface area contributed by atoms with E-state index in [4.69, 9.17) is 9.47 Å². The Morgan fingerprint density at radius 3 is 2.03 bits per heavy atom. The molecule has 0 saturated carbocycles. The fraction of sp³-hybridized carbons (Fsp3) is 0.462. The van der Waals surface area contributed by atoms with E-state index in [0.29, 0.717) is 26.2 Å². The third kappa shape index (κ3) is 6.33. The molecular formula is C26H34N2O4. The van der Waals surface area contributed by atoms with Crippen molar-refractivity contribution in [3.8, 4) is 0 Å². The summed E-state index contributed by atoms with van der Waals surface area (Å²) in [4.78, 5) is 29.3. The Morgan fingerprint density at radius 2 is 1.53 bits per heavy atom. The lowest BCUT2D eigenvalue weighted by Crippen LogP contribution is -2.57. The molecule has 2 aromatic rings. The van der Waals surface area contributed by atoms with E-state index in [1.54, 1.807) is 11.8 Å². The highest BCUT2D eigenvalue weighted by Crippen LogP contribution is 2.33. The van der Waals surface area contributed by atoms with Gasteiger partial charge in [0.15, 0.2) is 0 Å². The molecule has 0 aliphatic carbocycles. The van der Waals surface area contributed by atoms with Gasteiger partial charge in [0.05, 0.1) is 19.1 Å². The normalized spacial score (nSPS) is 17.3. The number of piperazine rings is 1. The molecule has 2 aromatic carbocycles. The molecule has 32 heavy (non-hydrogen) atoms. The Bertz CT molecular complexity index is 840. The van der Waals surface area contributed by atoms with Crippen molar-refractivity contribution < 1.29 is 19.1 Å². The minimum Gasteiger partial charge on any atom is -0.466 e. The van der Waals surface area contributed by atoms with Crippen molar-refractivity contribution >= 4 is 12.1 Å². The van der Waals surface area contributed by atoms with Crippen LogP contribution in [0.5, 0.6) is 0 Å². The van der Waals surface area contributed by atoms with Gasteiger partial charge in [-0.3, -0.25) is 9.69 Å². The highest BCUT2D eigenvalue weighted by atomic mass is 16.6. The Hall–Kier alpha value is -2.86. The Balaban J connectivity index is 1.92. The number of esters is 1. The number of carbonyl (C=O) groups excluding carboxylic acids is 2. The second kappa shape index (κ2) is 10.6. The van der Waals surface area contributed by atoms with Crippen molar-refractivity contribution in [2.45, 2.75) is 51.8 Å². The van der Waals surface area contributed by atoms with Crippen LogP contribution in [-0.2, 0) is 14.3 Å². The van der Waals surface area contributed by atoms with E-state index in [1.165, 1.54) is 0 Å². The van der Waals surface area contributed by atoms with Crippen molar-refractivity contribution in [3.63, 3.8) is 0 Å². The number of ether oxygens (including phenoxy) is 2. The molecule has 0 N–H and O–H groups in total. The number of hydrogen-bond acceptors (Lipinski definition) is 5. The maximum absolute atomic E-state index is 12.8. The van der Waals surface area contributed by atoms with Crippen LogP contribution < -0.4 is 0 Å². The summed E-state index contributed by atoms with van der Waals surface area (Å²) in [6.45, 7) is 9.28. The van der Waals surface area contributed by atoms with Crippen LogP contribution >= 0.6 is 0 Å². The molecule has 1 fully saturated rings. The zero-order valence-electron chi connectivity index (χ0n) is 19.5. The predicted molar refractivity (Wildman–Crippen MR) is 124 cm³/mol. The van der Waals surface area contributed by atoms with Gasteiger partial charge in [0.25, 0.3) is 0 Å². The van der Waals surface area contributed by atoms with Crippen molar-refractivity contribution in [2.75, 3.05) is 26.2 Å². The van der Waals surface area contributed by atoms with E-state index in [2.05, 4.69) is 29.2 Å². The second-order valence-corrected chi connectivity index (χ2v) is 9.05. The Morgan fingerprint density at radius 1 is 0.969 bits per heavy atom. The molecule has 1 amide bonds. The lowest BCUT2D eigenvalue weighted by atomic mass is 9.93. The van der Waals surface area contributed by atoms with Crippen molar-refractivity contribution in [1.82, 2.24) is 9.80 Å². The van der Waals surface area contributed by atoms with Gasteiger partial charge < -0.3 is 14.4 Å². The van der Waals surface area contributed by atoms with E-state index in [0.717, 1.165) is 11.1 Å². The van der Waals surface area contributed by atoms with Crippen LogP contribution in [0.4, 0.5) is 4.79 Å². The van der Waals surface area contributed by atoms with Crippen molar-refractivity contribution in [2.24, 2.45) is 0 Å². The summed E-state index contributed by atoms with van der Waals surface area (Å²) < 4.78 is 10.9. The number of rotatable bonds is 6. The quantitative estimate of drug-likeness (QED) is 0.615. The fourth-order valence-corrected chi connectivity index (χ4v) is 4.14. The summed E-state index contributed by atoms with van der Waals surface area (Å²) in [6.07, 6.45) is -0.134. The smallest absolute Gasteiger partial charge is 0.410 e. The van der Waals surface area contributed by atoms with Gasteiger partial charge in [0, 0.05) is 25.7 Å². The van der Waals surface area contributed by atoms with Gasteiger partial charge in [0.2, 0.25) is 0 Å². The average Bonchev–Trinajstić information content (AvgIpc) is 2.75. The molecule has 0 radical (unpaired) electrons. The molecule has 0 spiro atoms. The summed E-state index contributed by atoms with van der Waals surface area (Å²) in [5.41, 5.74) is 1.73. The molecule has 1 saturated heterocycles. The van der Waals surface area contributed by atoms with Crippen LogP contribution in [0, 0.1) is 0 Å². The average molecular weight is 439 g/mol. The largest absolute Gasteiger partial charge is 0.466 e. The molecule has 0 aromatic heterocycles. The van der Waals surface area contributed by atoms with E-state index in [1.807, 2.05) is 57.2 Å². The first-order chi connectivity index (χ1) is 15.3. The molecule has 1 aliphatic heterocycles. The van der Waals surface area contributed by atoms with Crippen molar-refractivity contribution in [1.29, 1.82) is 0 Å². The van der Waals surface area contributed by atoms with Gasteiger partial charge >= 0.3 is 12.1 Å². The van der Waals surface area contributed by atoms with Crippen LogP contribution in [0.2, 0.25) is 0 Å². The van der Waals surface area contributed by atoms with Gasteiger partial charge in [-0.15, -0.1) is 0 Å². The molecule has 0 bridgehead atoms. The molecule has 1 aliphatic rings. The Kier molecular flexibility index (Phi) is 7.91. The number of nitrogens with zero attached hydrogens (tertiary/aromatic N) is 2.